The smallest absolute Gasteiger partial charge is 0.135 e. The first-order valence-electron chi connectivity index (χ1n) is 6.49. The molecule has 2 aromatic heterocycles. The molecule has 0 saturated heterocycles. The third kappa shape index (κ3) is 3.15. The van der Waals surface area contributed by atoms with Crippen LogP contribution in [0.2, 0.25) is 0 Å². The Kier molecular flexibility index (Phi) is 3.58. The molecule has 0 bridgehead atoms. The number of nitrogens with one attached hydrogen (secondary N) is 1. The summed E-state index contributed by atoms with van der Waals surface area (Å²) in [5.74, 6) is 2.44. The Morgan fingerprint density at radius 3 is 2.79 bits per heavy atom. The second kappa shape index (κ2) is 5.21. The highest BCUT2D eigenvalue weighted by Crippen LogP contribution is 2.39. The third-order valence-electron chi connectivity index (χ3n) is 3.21. The number of rotatable bonds is 4. The summed E-state index contributed by atoms with van der Waals surface area (Å²) in [5.41, 5.74) is 0. The molecule has 1 aliphatic carbocycles. The summed E-state index contributed by atoms with van der Waals surface area (Å²) in [4.78, 5) is 11.7. The normalized spacial score (nSPS) is 16.4. The molecule has 1 atom stereocenters. The zero-order valence-electron chi connectivity index (χ0n) is 11.0. The second-order valence-electron chi connectivity index (χ2n) is 5.02. The van der Waals surface area contributed by atoms with Crippen LogP contribution in [-0.4, -0.2) is 9.97 Å². The number of thiophene rings is 1. The van der Waals surface area contributed by atoms with Gasteiger partial charge >= 0.3 is 0 Å². The topological polar surface area (TPSA) is 37.8 Å². The second-order valence-corrected chi connectivity index (χ2v) is 7.15. The number of aryl methyl sites for hydroxylation is 1. The van der Waals surface area contributed by atoms with Crippen molar-refractivity contribution in [1.29, 1.82) is 0 Å². The number of halogens is 1. The van der Waals surface area contributed by atoms with Crippen LogP contribution >= 0.6 is 27.3 Å². The van der Waals surface area contributed by atoms with Crippen LogP contribution in [0.4, 0.5) is 5.82 Å². The van der Waals surface area contributed by atoms with Gasteiger partial charge in [0.15, 0.2) is 0 Å². The molecule has 2 heterocycles. The van der Waals surface area contributed by atoms with Crippen molar-refractivity contribution < 1.29 is 0 Å². The van der Waals surface area contributed by atoms with Gasteiger partial charge in [-0.1, -0.05) is 0 Å². The van der Waals surface area contributed by atoms with Gasteiger partial charge in [0.1, 0.15) is 16.2 Å². The maximum atomic E-state index is 4.62. The summed E-state index contributed by atoms with van der Waals surface area (Å²) >= 11 is 5.30. The molecule has 3 rings (SSSR count). The van der Waals surface area contributed by atoms with Gasteiger partial charge in [0.05, 0.1) is 6.04 Å². The van der Waals surface area contributed by atoms with E-state index in [4.69, 9.17) is 0 Å². The van der Waals surface area contributed by atoms with Gasteiger partial charge in [-0.05, 0) is 54.8 Å². The van der Waals surface area contributed by atoms with Crippen LogP contribution in [0.15, 0.2) is 22.8 Å². The standard InChI is InChI=1S/C14H16BrN3S/c1-8-3-6-11(19-8)9(2)16-13-7-12(15)17-14(18-13)10-4-5-10/h3,6-7,9-10H,4-5H2,1-2H3,(H,16,17,18). The molecule has 0 amide bonds. The number of nitrogens with zero attached hydrogens (tertiary/aromatic N) is 2. The van der Waals surface area contributed by atoms with Crippen LogP contribution in [0.1, 0.15) is 47.3 Å². The summed E-state index contributed by atoms with van der Waals surface area (Å²) in [7, 11) is 0. The van der Waals surface area contributed by atoms with E-state index in [1.807, 2.05) is 17.4 Å². The first kappa shape index (κ1) is 13.1. The van der Waals surface area contributed by atoms with Crippen LogP contribution in [0.3, 0.4) is 0 Å². The van der Waals surface area contributed by atoms with Crippen LogP contribution in [-0.2, 0) is 0 Å². The van der Waals surface area contributed by atoms with Crippen molar-refractivity contribution in [1.82, 2.24) is 9.97 Å². The van der Waals surface area contributed by atoms with E-state index in [1.54, 1.807) is 0 Å². The molecule has 100 valence electrons. The fraction of sp³-hybridized carbons (Fsp3) is 0.429. The molecule has 1 fully saturated rings. The van der Waals surface area contributed by atoms with Gasteiger partial charge in [0.2, 0.25) is 0 Å². The predicted molar refractivity (Wildman–Crippen MR) is 82.8 cm³/mol. The van der Waals surface area contributed by atoms with Crippen molar-refractivity contribution in [2.45, 2.75) is 38.6 Å². The number of hydrogen-bond acceptors (Lipinski definition) is 4. The summed E-state index contributed by atoms with van der Waals surface area (Å²) in [5, 5.41) is 3.46. The minimum atomic E-state index is 0.271. The molecule has 0 spiro atoms. The maximum absolute atomic E-state index is 4.62. The lowest BCUT2D eigenvalue weighted by molar-refractivity contribution is 0.863. The molecular formula is C14H16BrN3S. The Balaban J connectivity index is 1.78. The predicted octanol–water partition coefficient (Wildman–Crippen LogP) is 4.66. The maximum Gasteiger partial charge on any atom is 0.135 e. The number of anilines is 1. The zero-order chi connectivity index (χ0) is 13.4. The lowest BCUT2D eigenvalue weighted by Crippen LogP contribution is -2.08. The fourth-order valence-corrected chi connectivity index (χ4v) is 3.29. The van der Waals surface area contributed by atoms with Gasteiger partial charge in [-0.15, -0.1) is 11.3 Å². The zero-order valence-corrected chi connectivity index (χ0v) is 13.4. The Labute approximate surface area is 125 Å². The van der Waals surface area contributed by atoms with E-state index in [0.29, 0.717) is 5.92 Å². The van der Waals surface area contributed by atoms with E-state index in [1.165, 1.54) is 22.6 Å². The summed E-state index contributed by atoms with van der Waals surface area (Å²) in [6.07, 6.45) is 2.44. The van der Waals surface area contributed by atoms with E-state index >= 15 is 0 Å². The Hall–Kier alpha value is -0.940. The van der Waals surface area contributed by atoms with Gasteiger partial charge in [0, 0.05) is 21.7 Å². The SMILES string of the molecule is Cc1ccc(C(C)Nc2cc(Br)nc(C3CC3)n2)s1. The molecule has 0 aromatic carbocycles. The van der Waals surface area contributed by atoms with Crippen molar-refractivity contribution in [3.05, 3.63) is 38.4 Å². The summed E-state index contributed by atoms with van der Waals surface area (Å²) in [6, 6.07) is 6.55. The molecule has 1 aliphatic rings. The van der Waals surface area contributed by atoms with Crippen molar-refractivity contribution in [2.24, 2.45) is 0 Å². The molecule has 5 heteroatoms. The van der Waals surface area contributed by atoms with E-state index in [9.17, 15) is 0 Å². The number of aromatic nitrogens is 2. The van der Waals surface area contributed by atoms with E-state index in [-0.39, 0.29) is 6.04 Å². The van der Waals surface area contributed by atoms with E-state index < -0.39 is 0 Å². The largest absolute Gasteiger partial charge is 0.363 e. The molecule has 0 aliphatic heterocycles. The van der Waals surface area contributed by atoms with E-state index in [2.05, 4.69) is 57.2 Å². The quantitative estimate of drug-likeness (QED) is 0.824. The molecule has 2 aromatic rings. The van der Waals surface area contributed by atoms with Gasteiger partial charge < -0.3 is 5.32 Å². The minimum absolute atomic E-state index is 0.271. The lowest BCUT2D eigenvalue weighted by Gasteiger charge is -2.13. The minimum Gasteiger partial charge on any atom is -0.363 e. The Morgan fingerprint density at radius 2 is 2.16 bits per heavy atom. The Morgan fingerprint density at radius 1 is 1.37 bits per heavy atom. The molecule has 1 unspecified atom stereocenters. The molecular weight excluding hydrogens is 322 g/mol. The fourth-order valence-electron chi connectivity index (χ4n) is 2.01. The van der Waals surface area contributed by atoms with Crippen LogP contribution in [0, 0.1) is 6.92 Å². The average Bonchev–Trinajstić information content (AvgIpc) is 3.11. The first-order valence-corrected chi connectivity index (χ1v) is 8.10. The van der Waals surface area contributed by atoms with Gasteiger partial charge in [-0.25, -0.2) is 9.97 Å². The van der Waals surface area contributed by atoms with Crippen LogP contribution < -0.4 is 5.32 Å². The monoisotopic (exact) mass is 337 g/mol. The molecule has 0 radical (unpaired) electrons. The van der Waals surface area contributed by atoms with Crippen molar-refractivity contribution in [2.75, 3.05) is 5.32 Å². The highest BCUT2D eigenvalue weighted by atomic mass is 79.9. The lowest BCUT2D eigenvalue weighted by atomic mass is 10.2. The molecule has 19 heavy (non-hydrogen) atoms. The average molecular weight is 338 g/mol. The van der Waals surface area contributed by atoms with Crippen molar-refractivity contribution >= 4 is 33.1 Å². The van der Waals surface area contributed by atoms with E-state index in [0.717, 1.165) is 16.2 Å². The summed E-state index contributed by atoms with van der Waals surface area (Å²) < 4.78 is 0.862. The van der Waals surface area contributed by atoms with Gasteiger partial charge in [-0.2, -0.15) is 0 Å². The first-order chi connectivity index (χ1) is 9.11. The summed E-state index contributed by atoms with van der Waals surface area (Å²) in [6.45, 7) is 4.30. The molecule has 1 N–H and O–H groups in total. The van der Waals surface area contributed by atoms with Crippen molar-refractivity contribution in [3.8, 4) is 0 Å². The highest BCUT2D eigenvalue weighted by Gasteiger charge is 2.27. The van der Waals surface area contributed by atoms with Crippen molar-refractivity contribution in [3.63, 3.8) is 0 Å². The molecule has 3 nitrogen and oxygen atoms in total. The van der Waals surface area contributed by atoms with Gasteiger partial charge in [-0.3, -0.25) is 0 Å². The van der Waals surface area contributed by atoms with Crippen LogP contribution in [0.5, 0.6) is 0 Å². The molecule has 1 saturated carbocycles. The van der Waals surface area contributed by atoms with Gasteiger partial charge in [0.25, 0.3) is 0 Å². The Bertz CT molecular complexity index is 592. The highest BCUT2D eigenvalue weighted by molar-refractivity contribution is 9.10. The number of hydrogen-bond donors (Lipinski definition) is 1. The third-order valence-corrected chi connectivity index (χ3v) is 4.80. The van der Waals surface area contributed by atoms with Crippen LogP contribution in [0.25, 0.3) is 0 Å².